The van der Waals surface area contributed by atoms with Crippen LogP contribution in [-0.4, -0.2) is 36.1 Å². The second-order valence-corrected chi connectivity index (χ2v) is 4.14. The largest absolute Gasteiger partial charge is 0.375 e. The molecule has 66 valence electrons. The first-order chi connectivity index (χ1) is 5.00. The summed E-state index contributed by atoms with van der Waals surface area (Å²) in [4.78, 5) is 0. The molecule has 0 aromatic carbocycles. The third-order valence-corrected chi connectivity index (χ3v) is 2.01. The van der Waals surface area contributed by atoms with Crippen molar-refractivity contribution in [2.24, 2.45) is 5.41 Å². The van der Waals surface area contributed by atoms with Gasteiger partial charge in [-0.2, -0.15) is 5.06 Å². The molecular weight excluding hydrogens is 142 g/mol. The summed E-state index contributed by atoms with van der Waals surface area (Å²) in [6, 6.07) is 0. The van der Waals surface area contributed by atoms with Gasteiger partial charge < -0.3 is 9.94 Å². The quantitative estimate of drug-likeness (QED) is 0.575. The fraction of sp³-hybridized carbons (Fsp3) is 1.00. The van der Waals surface area contributed by atoms with Crippen LogP contribution in [0.2, 0.25) is 0 Å². The number of rotatable bonds is 0. The molecule has 1 rings (SSSR count). The number of hydroxylamine groups is 2. The van der Waals surface area contributed by atoms with Gasteiger partial charge in [-0.3, -0.25) is 0 Å². The average molecular weight is 159 g/mol. The van der Waals surface area contributed by atoms with Crippen LogP contribution in [-0.2, 0) is 4.74 Å². The number of ether oxygens (including phenoxy) is 1. The Morgan fingerprint density at radius 2 is 2.09 bits per heavy atom. The number of hydrogen-bond donors (Lipinski definition) is 1. The van der Waals surface area contributed by atoms with Gasteiger partial charge in [0, 0.05) is 6.54 Å². The first-order valence-electron chi connectivity index (χ1n) is 4.05. The van der Waals surface area contributed by atoms with E-state index in [4.69, 9.17) is 4.74 Å². The fourth-order valence-electron chi connectivity index (χ4n) is 1.16. The van der Waals surface area contributed by atoms with Crippen LogP contribution >= 0.6 is 0 Å². The highest BCUT2D eigenvalue weighted by atomic mass is 16.5. The van der Waals surface area contributed by atoms with E-state index in [-0.39, 0.29) is 11.5 Å². The van der Waals surface area contributed by atoms with Gasteiger partial charge in [0.1, 0.15) is 0 Å². The molecule has 1 aliphatic heterocycles. The van der Waals surface area contributed by atoms with Crippen LogP contribution < -0.4 is 0 Å². The van der Waals surface area contributed by atoms with E-state index in [9.17, 15) is 5.21 Å². The minimum absolute atomic E-state index is 0.126. The summed E-state index contributed by atoms with van der Waals surface area (Å²) in [6.07, 6.45) is 0.154. The van der Waals surface area contributed by atoms with E-state index in [0.29, 0.717) is 19.7 Å². The highest BCUT2D eigenvalue weighted by molar-refractivity contribution is 4.78. The smallest absolute Gasteiger partial charge is 0.0774 e. The molecule has 1 saturated heterocycles. The standard InChI is InChI=1S/C8H17NO2/c1-8(2,3)7-6-9(10)4-5-11-7/h7,10H,4-6H2,1-3H3. The van der Waals surface area contributed by atoms with Gasteiger partial charge in [0.25, 0.3) is 0 Å². The zero-order chi connectivity index (χ0) is 8.48. The normalized spacial score (nSPS) is 28.9. The molecule has 0 spiro atoms. The molecule has 0 bridgehead atoms. The van der Waals surface area contributed by atoms with Crippen molar-refractivity contribution >= 4 is 0 Å². The van der Waals surface area contributed by atoms with Gasteiger partial charge in [0.05, 0.1) is 19.3 Å². The van der Waals surface area contributed by atoms with E-state index in [0.717, 1.165) is 0 Å². The van der Waals surface area contributed by atoms with Gasteiger partial charge in [-0.1, -0.05) is 20.8 Å². The Morgan fingerprint density at radius 1 is 1.45 bits per heavy atom. The van der Waals surface area contributed by atoms with Crippen LogP contribution in [0.25, 0.3) is 0 Å². The number of morpholine rings is 1. The predicted molar refractivity (Wildman–Crippen MR) is 42.6 cm³/mol. The van der Waals surface area contributed by atoms with Crippen molar-refractivity contribution in [2.45, 2.75) is 26.9 Å². The van der Waals surface area contributed by atoms with Crippen molar-refractivity contribution in [1.82, 2.24) is 5.06 Å². The Kier molecular flexibility index (Phi) is 2.52. The third-order valence-electron chi connectivity index (χ3n) is 2.01. The predicted octanol–water partition coefficient (Wildman–Crippen LogP) is 1.12. The molecule has 1 aliphatic rings. The van der Waals surface area contributed by atoms with Crippen LogP contribution in [0.5, 0.6) is 0 Å². The van der Waals surface area contributed by atoms with E-state index in [1.165, 1.54) is 5.06 Å². The molecule has 1 N–H and O–H groups in total. The second kappa shape index (κ2) is 3.09. The summed E-state index contributed by atoms with van der Waals surface area (Å²) in [5, 5.41) is 10.5. The lowest BCUT2D eigenvalue weighted by Gasteiger charge is -2.36. The van der Waals surface area contributed by atoms with Crippen LogP contribution in [0, 0.1) is 5.41 Å². The fourth-order valence-corrected chi connectivity index (χ4v) is 1.16. The van der Waals surface area contributed by atoms with Crippen LogP contribution in [0.3, 0.4) is 0 Å². The van der Waals surface area contributed by atoms with Crippen LogP contribution in [0.15, 0.2) is 0 Å². The van der Waals surface area contributed by atoms with Gasteiger partial charge in [-0.05, 0) is 5.41 Å². The minimum atomic E-state index is 0.126. The maximum absolute atomic E-state index is 9.20. The van der Waals surface area contributed by atoms with Crippen molar-refractivity contribution < 1.29 is 9.94 Å². The molecule has 1 fully saturated rings. The maximum Gasteiger partial charge on any atom is 0.0774 e. The summed E-state index contributed by atoms with van der Waals surface area (Å²) in [5.74, 6) is 0. The molecule has 3 heteroatoms. The molecule has 1 atom stereocenters. The van der Waals surface area contributed by atoms with Crippen LogP contribution in [0.4, 0.5) is 0 Å². The van der Waals surface area contributed by atoms with E-state index < -0.39 is 0 Å². The molecule has 0 amide bonds. The van der Waals surface area contributed by atoms with Crippen molar-refractivity contribution in [1.29, 1.82) is 0 Å². The number of hydrogen-bond acceptors (Lipinski definition) is 3. The summed E-state index contributed by atoms with van der Waals surface area (Å²) in [6.45, 7) is 8.26. The van der Waals surface area contributed by atoms with E-state index >= 15 is 0 Å². The van der Waals surface area contributed by atoms with Crippen molar-refractivity contribution in [3.63, 3.8) is 0 Å². The molecule has 0 aliphatic carbocycles. The Hall–Kier alpha value is -0.120. The Bertz CT molecular complexity index is 131. The van der Waals surface area contributed by atoms with Gasteiger partial charge in [0.15, 0.2) is 0 Å². The van der Waals surface area contributed by atoms with Crippen molar-refractivity contribution in [2.75, 3.05) is 19.7 Å². The van der Waals surface area contributed by atoms with Crippen molar-refractivity contribution in [3.8, 4) is 0 Å². The van der Waals surface area contributed by atoms with Gasteiger partial charge in [-0.25, -0.2) is 0 Å². The molecular formula is C8H17NO2. The molecule has 0 aromatic rings. The Labute approximate surface area is 67.9 Å². The van der Waals surface area contributed by atoms with E-state index in [1.807, 2.05) is 0 Å². The maximum atomic E-state index is 9.20. The van der Waals surface area contributed by atoms with E-state index in [2.05, 4.69) is 20.8 Å². The summed E-state index contributed by atoms with van der Waals surface area (Å²) < 4.78 is 5.51. The molecule has 0 radical (unpaired) electrons. The lowest BCUT2D eigenvalue weighted by molar-refractivity contribution is -0.188. The molecule has 11 heavy (non-hydrogen) atoms. The lowest BCUT2D eigenvalue weighted by atomic mass is 9.88. The SMILES string of the molecule is CC(C)(C)C1CN(O)CCO1. The molecule has 0 aromatic heterocycles. The lowest BCUT2D eigenvalue weighted by Crippen LogP contribution is -2.46. The highest BCUT2D eigenvalue weighted by Gasteiger charge is 2.29. The Balaban J connectivity index is 2.46. The first-order valence-corrected chi connectivity index (χ1v) is 4.05. The summed E-state index contributed by atoms with van der Waals surface area (Å²) in [7, 11) is 0. The van der Waals surface area contributed by atoms with E-state index in [1.54, 1.807) is 0 Å². The third kappa shape index (κ3) is 2.43. The zero-order valence-corrected chi connectivity index (χ0v) is 7.50. The van der Waals surface area contributed by atoms with Crippen molar-refractivity contribution in [3.05, 3.63) is 0 Å². The monoisotopic (exact) mass is 159 g/mol. The minimum Gasteiger partial charge on any atom is -0.375 e. The molecule has 1 heterocycles. The van der Waals surface area contributed by atoms with Crippen LogP contribution in [0.1, 0.15) is 20.8 Å². The van der Waals surface area contributed by atoms with Gasteiger partial charge >= 0.3 is 0 Å². The first kappa shape index (κ1) is 8.97. The average Bonchev–Trinajstić information content (AvgIpc) is 1.86. The zero-order valence-electron chi connectivity index (χ0n) is 7.50. The van der Waals surface area contributed by atoms with Gasteiger partial charge in [0.2, 0.25) is 0 Å². The second-order valence-electron chi connectivity index (χ2n) is 4.14. The Morgan fingerprint density at radius 3 is 2.45 bits per heavy atom. The molecule has 1 unspecified atom stereocenters. The summed E-state index contributed by atoms with van der Waals surface area (Å²) >= 11 is 0. The molecule has 3 nitrogen and oxygen atoms in total. The molecule has 0 saturated carbocycles. The summed E-state index contributed by atoms with van der Waals surface area (Å²) in [5.41, 5.74) is 0.126. The topological polar surface area (TPSA) is 32.7 Å². The number of nitrogens with zero attached hydrogens (tertiary/aromatic N) is 1. The van der Waals surface area contributed by atoms with Gasteiger partial charge in [-0.15, -0.1) is 0 Å². The highest BCUT2D eigenvalue weighted by Crippen LogP contribution is 2.24.